The van der Waals surface area contributed by atoms with Crippen LogP contribution in [0.2, 0.25) is 0 Å². The molecule has 0 fully saturated rings. The number of likely N-dealkylation sites (N-methyl/N-ethyl adjacent to an activating group) is 1. The molecule has 0 aliphatic rings. The molecule has 0 aliphatic heterocycles. The predicted octanol–water partition coefficient (Wildman–Crippen LogP) is 5.20. The lowest BCUT2D eigenvalue weighted by molar-refractivity contribution is 0.548. The van der Waals surface area contributed by atoms with Gasteiger partial charge in [0.2, 0.25) is 0 Å². The summed E-state index contributed by atoms with van der Waals surface area (Å²) in [6, 6.07) is 14.1. The van der Waals surface area contributed by atoms with E-state index in [1.807, 2.05) is 12.1 Å². The Morgan fingerprint density at radius 2 is 1.90 bits per heavy atom. The third kappa shape index (κ3) is 4.56. The first-order valence-corrected chi connectivity index (χ1v) is 8.97. The lowest BCUT2D eigenvalue weighted by Gasteiger charge is -2.19. The van der Waals surface area contributed by atoms with Crippen LogP contribution in [0.4, 0.5) is 4.39 Å². The number of rotatable bonds is 6. The van der Waals surface area contributed by atoms with Crippen molar-refractivity contribution in [2.45, 2.75) is 24.3 Å². The first kappa shape index (κ1) is 16.5. The summed E-state index contributed by atoms with van der Waals surface area (Å²) < 4.78 is 13.8. The zero-order valence-electron chi connectivity index (χ0n) is 12.2. The molecule has 0 spiro atoms. The zero-order valence-corrected chi connectivity index (χ0v) is 14.6. The summed E-state index contributed by atoms with van der Waals surface area (Å²) in [5.74, 6) is -0.219. The highest BCUT2D eigenvalue weighted by Gasteiger charge is 2.12. The smallest absolute Gasteiger partial charge is 0.137 e. The van der Waals surface area contributed by atoms with Gasteiger partial charge in [-0.3, -0.25) is 0 Å². The topological polar surface area (TPSA) is 12.0 Å². The molecule has 0 aliphatic carbocycles. The van der Waals surface area contributed by atoms with Gasteiger partial charge in [0.15, 0.2) is 0 Å². The van der Waals surface area contributed by atoms with Crippen LogP contribution in [0.5, 0.6) is 0 Å². The van der Waals surface area contributed by atoms with Crippen molar-refractivity contribution < 1.29 is 4.39 Å². The zero-order chi connectivity index (χ0) is 15.2. The fourth-order valence-corrected chi connectivity index (χ4v) is 3.13. The number of benzene rings is 2. The van der Waals surface area contributed by atoms with Crippen molar-refractivity contribution in [1.82, 2.24) is 5.32 Å². The fourth-order valence-electron chi connectivity index (χ4n) is 2.29. The first-order valence-electron chi connectivity index (χ1n) is 6.95. The van der Waals surface area contributed by atoms with Crippen molar-refractivity contribution >= 4 is 27.7 Å². The van der Waals surface area contributed by atoms with Gasteiger partial charge in [-0.2, -0.15) is 0 Å². The van der Waals surface area contributed by atoms with E-state index in [1.165, 1.54) is 16.5 Å². The van der Waals surface area contributed by atoms with E-state index >= 15 is 0 Å². The minimum Gasteiger partial charge on any atom is -0.310 e. The number of halogens is 2. The van der Waals surface area contributed by atoms with Crippen LogP contribution in [0.1, 0.15) is 24.1 Å². The lowest BCUT2D eigenvalue weighted by atomic mass is 9.99. The molecule has 0 bridgehead atoms. The van der Waals surface area contributed by atoms with Crippen LogP contribution in [-0.2, 0) is 6.42 Å². The summed E-state index contributed by atoms with van der Waals surface area (Å²) in [5, 5.41) is 3.50. The van der Waals surface area contributed by atoms with E-state index < -0.39 is 0 Å². The molecule has 4 heteroatoms. The van der Waals surface area contributed by atoms with Crippen LogP contribution in [0.3, 0.4) is 0 Å². The summed E-state index contributed by atoms with van der Waals surface area (Å²) in [7, 11) is 0. The Morgan fingerprint density at radius 1 is 1.19 bits per heavy atom. The molecule has 1 N–H and O–H groups in total. The Hall–Kier alpha value is -0.840. The Kier molecular flexibility index (Phi) is 6.27. The van der Waals surface area contributed by atoms with Gasteiger partial charge in [0.05, 0.1) is 4.47 Å². The molecule has 112 valence electrons. The third-order valence-corrected chi connectivity index (χ3v) is 4.74. The van der Waals surface area contributed by atoms with Crippen LogP contribution >= 0.6 is 27.7 Å². The standard InChI is InChI=1S/C17H19BrFNS/c1-3-20-17(13-5-7-14(21-2)8-6-13)11-12-4-9-16(19)15(18)10-12/h4-10,17,20H,3,11H2,1-2H3. The van der Waals surface area contributed by atoms with E-state index in [2.05, 4.69) is 58.7 Å². The first-order chi connectivity index (χ1) is 10.1. The fraction of sp³-hybridized carbons (Fsp3) is 0.294. The van der Waals surface area contributed by atoms with Crippen LogP contribution in [0.15, 0.2) is 51.8 Å². The molecule has 1 unspecified atom stereocenters. The number of hydrogen-bond donors (Lipinski definition) is 1. The lowest BCUT2D eigenvalue weighted by Crippen LogP contribution is -2.22. The highest BCUT2D eigenvalue weighted by Crippen LogP contribution is 2.24. The van der Waals surface area contributed by atoms with Gasteiger partial charge in [0.1, 0.15) is 5.82 Å². The minimum absolute atomic E-state index is 0.219. The van der Waals surface area contributed by atoms with Gasteiger partial charge < -0.3 is 5.32 Å². The van der Waals surface area contributed by atoms with Crippen molar-refractivity contribution in [2.24, 2.45) is 0 Å². The second-order valence-corrected chi connectivity index (χ2v) is 6.57. The SMILES string of the molecule is CCNC(Cc1ccc(F)c(Br)c1)c1ccc(SC)cc1. The molecule has 0 saturated heterocycles. The van der Waals surface area contributed by atoms with Crippen molar-refractivity contribution in [3.8, 4) is 0 Å². The van der Waals surface area contributed by atoms with Crippen molar-refractivity contribution in [2.75, 3.05) is 12.8 Å². The highest BCUT2D eigenvalue weighted by molar-refractivity contribution is 9.10. The molecule has 0 saturated carbocycles. The summed E-state index contributed by atoms with van der Waals surface area (Å²) in [5.41, 5.74) is 2.37. The van der Waals surface area contributed by atoms with E-state index in [1.54, 1.807) is 11.8 Å². The maximum Gasteiger partial charge on any atom is 0.137 e. The summed E-state index contributed by atoms with van der Waals surface area (Å²) in [6.07, 6.45) is 2.91. The van der Waals surface area contributed by atoms with Crippen LogP contribution in [0, 0.1) is 5.82 Å². The van der Waals surface area contributed by atoms with Gasteiger partial charge >= 0.3 is 0 Å². The molecule has 0 radical (unpaired) electrons. The van der Waals surface area contributed by atoms with Crippen molar-refractivity contribution in [1.29, 1.82) is 0 Å². The van der Waals surface area contributed by atoms with Crippen LogP contribution < -0.4 is 5.32 Å². The summed E-state index contributed by atoms with van der Waals surface area (Å²) in [6.45, 7) is 3.00. The van der Waals surface area contributed by atoms with Crippen LogP contribution in [-0.4, -0.2) is 12.8 Å². The largest absolute Gasteiger partial charge is 0.310 e. The Balaban J connectivity index is 2.19. The maximum absolute atomic E-state index is 13.3. The molecule has 0 aromatic heterocycles. The van der Waals surface area contributed by atoms with Crippen molar-refractivity contribution in [3.05, 3.63) is 63.9 Å². The molecule has 2 rings (SSSR count). The average Bonchev–Trinajstić information content (AvgIpc) is 2.50. The van der Waals surface area contributed by atoms with E-state index in [-0.39, 0.29) is 11.9 Å². The molecule has 0 amide bonds. The van der Waals surface area contributed by atoms with Crippen LogP contribution in [0.25, 0.3) is 0 Å². The second-order valence-electron chi connectivity index (χ2n) is 4.84. The van der Waals surface area contributed by atoms with Gasteiger partial charge in [-0.05, 0) is 70.5 Å². The molecule has 0 heterocycles. The molecule has 21 heavy (non-hydrogen) atoms. The summed E-state index contributed by atoms with van der Waals surface area (Å²) in [4.78, 5) is 1.26. The molecule has 1 atom stereocenters. The Labute approximate surface area is 138 Å². The molecular weight excluding hydrogens is 349 g/mol. The molecule has 2 aromatic rings. The van der Waals surface area contributed by atoms with E-state index in [0.29, 0.717) is 4.47 Å². The second kappa shape index (κ2) is 7.97. The minimum atomic E-state index is -0.219. The predicted molar refractivity (Wildman–Crippen MR) is 92.4 cm³/mol. The quantitative estimate of drug-likeness (QED) is 0.703. The number of hydrogen-bond acceptors (Lipinski definition) is 2. The maximum atomic E-state index is 13.3. The molecule has 2 aromatic carbocycles. The normalized spacial score (nSPS) is 12.4. The molecule has 1 nitrogen and oxygen atoms in total. The number of thioether (sulfide) groups is 1. The van der Waals surface area contributed by atoms with Gasteiger partial charge in [-0.25, -0.2) is 4.39 Å². The van der Waals surface area contributed by atoms with Crippen molar-refractivity contribution in [3.63, 3.8) is 0 Å². The van der Waals surface area contributed by atoms with Gasteiger partial charge in [-0.1, -0.05) is 25.1 Å². The van der Waals surface area contributed by atoms with E-state index in [4.69, 9.17) is 0 Å². The Bertz CT molecular complexity index is 586. The summed E-state index contributed by atoms with van der Waals surface area (Å²) >= 11 is 4.99. The number of nitrogens with one attached hydrogen (secondary N) is 1. The third-order valence-electron chi connectivity index (χ3n) is 3.39. The average molecular weight is 368 g/mol. The monoisotopic (exact) mass is 367 g/mol. The van der Waals surface area contributed by atoms with E-state index in [9.17, 15) is 4.39 Å². The van der Waals surface area contributed by atoms with Gasteiger partial charge in [0.25, 0.3) is 0 Å². The Morgan fingerprint density at radius 3 is 2.48 bits per heavy atom. The van der Waals surface area contributed by atoms with E-state index in [0.717, 1.165) is 18.5 Å². The highest BCUT2D eigenvalue weighted by atomic mass is 79.9. The van der Waals surface area contributed by atoms with Gasteiger partial charge in [-0.15, -0.1) is 11.8 Å². The van der Waals surface area contributed by atoms with Gasteiger partial charge in [0, 0.05) is 10.9 Å². The molecular formula is C17H19BrFNS.